The molecule has 0 radical (unpaired) electrons. The highest BCUT2D eigenvalue weighted by molar-refractivity contribution is 5.77. The summed E-state index contributed by atoms with van der Waals surface area (Å²) < 4.78 is 16.3. The van der Waals surface area contributed by atoms with Gasteiger partial charge in [0.15, 0.2) is 0 Å². The zero-order valence-corrected chi connectivity index (χ0v) is 15.1. The maximum absolute atomic E-state index is 12.7. The van der Waals surface area contributed by atoms with Crippen molar-refractivity contribution < 1.29 is 19.0 Å². The van der Waals surface area contributed by atoms with Crippen molar-refractivity contribution in [2.75, 3.05) is 20.5 Å². The molecule has 0 aliphatic carbocycles. The van der Waals surface area contributed by atoms with Crippen molar-refractivity contribution >= 4 is 5.97 Å². The summed E-state index contributed by atoms with van der Waals surface area (Å²) in [6.45, 7) is 8.30. The van der Waals surface area contributed by atoms with Gasteiger partial charge in [-0.2, -0.15) is 0 Å². The topological polar surface area (TPSA) is 44.8 Å². The first-order valence-corrected chi connectivity index (χ1v) is 8.57. The molecule has 0 saturated heterocycles. The fraction of sp³-hybridized carbons (Fsp3) is 0.550. The van der Waals surface area contributed by atoms with E-state index in [0.717, 1.165) is 18.4 Å². The monoisotopic (exact) mass is 334 g/mol. The second-order valence-corrected chi connectivity index (χ2v) is 5.92. The zero-order valence-electron chi connectivity index (χ0n) is 15.1. The summed E-state index contributed by atoms with van der Waals surface area (Å²) >= 11 is 0. The number of carbonyl (C=O) groups excluding carboxylic acids is 1. The molecule has 0 unspecified atom stereocenters. The van der Waals surface area contributed by atoms with Crippen LogP contribution in [-0.2, 0) is 19.0 Å². The van der Waals surface area contributed by atoms with Crippen molar-refractivity contribution in [3.8, 4) is 0 Å². The van der Waals surface area contributed by atoms with Crippen LogP contribution in [0.4, 0.5) is 0 Å². The molecular weight excluding hydrogens is 304 g/mol. The van der Waals surface area contributed by atoms with Crippen molar-refractivity contribution in [3.05, 3.63) is 48.6 Å². The van der Waals surface area contributed by atoms with Crippen LogP contribution in [0.2, 0.25) is 0 Å². The molecule has 24 heavy (non-hydrogen) atoms. The molecule has 0 aliphatic rings. The van der Waals surface area contributed by atoms with Crippen LogP contribution >= 0.6 is 0 Å². The Bertz CT molecular complexity index is 486. The van der Waals surface area contributed by atoms with Gasteiger partial charge >= 0.3 is 5.97 Å². The van der Waals surface area contributed by atoms with Crippen molar-refractivity contribution in [2.45, 2.75) is 45.6 Å². The van der Waals surface area contributed by atoms with Gasteiger partial charge in [0, 0.05) is 7.11 Å². The second kappa shape index (κ2) is 11.0. The van der Waals surface area contributed by atoms with Gasteiger partial charge in [-0.05, 0) is 31.7 Å². The Labute approximate surface area is 145 Å². The van der Waals surface area contributed by atoms with E-state index in [-0.39, 0.29) is 18.9 Å². The highest BCUT2D eigenvalue weighted by Crippen LogP contribution is 2.41. The summed E-state index contributed by atoms with van der Waals surface area (Å²) in [5, 5.41) is 0. The van der Waals surface area contributed by atoms with Crippen molar-refractivity contribution in [3.63, 3.8) is 0 Å². The van der Waals surface area contributed by atoms with Crippen LogP contribution in [0.3, 0.4) is 0 Å². The van der Waals surface area contributed by atoms with Crippen LogP contribution in [0.15, 0.2) is 43.0 Å². The van der Waals surface area contributed by atoms with E-state index in [1.54, 1.807) is 13.2 Å². The molecule has 0 fully saturated rings. The van der Waals surface area contributed by atoms with Crippen LogP contribution in [0.1, 0.15) is 51.2 Å². The third-order valence-corrected chi connectivity index (χ3v) is 4.11. The molecule has 1 aromatic carbocycles. The van der Waals surface area contributed by atoms with Gasteiger partial charge in [0.1, 0.15) is 6.79 Å². The number of carbonyl (C=O) groups is 1. The Morgan fingerprint density at radius 3 is 2.54 bits per heavy atom. The minimum atomic E-state index is -0.624. The Morgan fingerprint density at radius 2 is 2.00 bits per heavy atom. The van der Waals surface area contributed by atoms with Crippen LogP contribution in [0.25, 0.3) is 0 Å². The molecule has 0 bridgehead atoms. The standard InChI is InChI=1S/C20H30O4/c1-5-13-20(14-6-2,19(21)23-7-3)15-18(24-16-22-4)17-11-9-8-10-12-17/h5,8-12,18H,1,6-7,13-16H2,2-4H3/t18-,20-/m0/s1. The maximum atomic E-state index is 12.7. The highest BCUT2D eigenvalue weighted by atomic mass is 16.7. The summed E-state index contributed by atoms with van der Waals surface area (Å²) in [4.78, 5) is 12.7. The molecule has 1 aromatic rings. The van der Waals surface area contributed by atoms with Gasteiger partial charge in [-0.25, -0.2) is 0 Å². The molecule has 0 amide bonds. The first-order chi connectivity index (χ1) is 11.6. The second-order valence-electron chi connectivity index (χ2n) is 5.92. The fourth-order valence-electron chi connectivity index (χ4n) is 3.04. The summed E-state index contributed by atoms with van der Waals surface area (Å²) in [5.41, 5.74) is 0.407. The number of benzene rings is 1. The number of methoxy groups -OCH3 is 1. The molecule has 4 nitrogen and oxygen atoms in total. The Kier molecular flexibility index (Phi) is 9.35. The Balaban J connectivity index is 3.12. The van der Waals surface area contributed by atoms with Gasteiger partial charge < -0.3 is 14.2 Å². The van der Waals surface area contributed by atoms with E-state index in [0.29, 0.717) is 19.4 Å². The molecule has 0 aromatic heterocycles. The normalized spacial score (nSPS) is 14.6. The lowest BCUT2D eigenvalue weighted by Gasteiger charge is -2.34. The smallest absolute Gasteiger partial charge is 0.312 e. The molecule has 0 heterocycles. The maximum Gasteiger partial charge on any atom is 0.312 e. The molecule has 1 rings (SSSR count). The lowest BCUT2D eigenvalue weighted by Crippen LogP contribution is -2.35. The predicted octanol–water partition coefficient (Wildman–Crippen LogP) is 4.66. The Morgan fingerprint density at radius 1 is 1.29 bits per heavy atom. The van der Waals surface area contributed by atoms with Crippen LogP contribution in [0, 0.1) is 5.41 Å². The predicted molar refractivity (Wildman–Crippen MR) is 95.5 cm³/mol. The van der Waals surface area contributed by atoms with Crippen LogP contribution < -0.4 is 0 Å². The van der Waals surface area contributed by atoms with E-state index in [4.69, 9.17) is 14.2 Å². The summed E-state index contributed by atoms with van der Waals surface area (Å²) in [7, 11) is 1.59. The first kappa shape index (κ1) is 20.4. The van der Waals surface area contributed by atoms with E-state index >= 15 is 0 Å². The summed E-state index contributed by atoms with van der Waals surface area (Å²) in [6, 6.07) is 9.92. The minimum Gasteiger partial charge on any atom is -0.466 e. The van der Waals surface area contributed by atoms with E-state index in [2.05, 4.69) is 13.5 Å². The lowest BCUT2D eigenvalue weighted by atomic mass is 9.74. The zero-order chi connectivity index (χ0) is 17.8. The number of hydrogen-bond acceptors (Lipinski definition) is 4. The molecule has 0 spiro atoms. The molecule has 2 atom stereocenters. The molecule has 0 N–H and O–H groups in total. The third kappa shape index (κ3) is 5.77. The quantitative estimate of drug-likeness (QED) is 0.317. The van der Waals surface area contributed by atoms with Crippen molar-refractivity contribution in [1.82, 2.24) is 0 Å². The summed E-state index contributed by atoms with van der Waals surface area (Å²) in [6.07, 6.45) is 4.29. The minimum absolute atomic E-state index is 0.173. The lowest BCUT2D eigenvalue weighted by molar-refractivity contribution is -0.161. The van der Waals surface area contributed by atoms with Gasteiger partial charge in [-0.1, -0.05) is 49.8 Å². The van der Waals surface area contributed by atoms with Crippen LogP contribution in [0.5, 0.6) is 0 Å². The van der Waals surface area contributed by atoms with Gasteiger partial charge in [0.25, 0.3) is 0 Å². The molecule has 4 heteroatoms. The van der Waals surface area contributed by atoms with Gasteiger partial charge in [0.05, 0.1) is 18.1 Å². The number of esters is 1. The SMILES string of the molecule is C=CC[C@](CCC)(C[C@H](OCOC)c1ccccc1)C(=O)OCC. The van der Waals surface area contributed by atoms with Gasteiger partial charge in [0.2, 0.25) is 0 Å². The van der Waals surface area contributed by atoms with Crippen molar-refractivity contribution in [2.24, 2.45) is 5.41 Å². The molecule has 134 valence electrons. The molecule has 0 aliphatic heterocycles. The number of allylic oxidation sites excluding steroid dienone is 1. The molecule has 0 saturated carbocycles. The first-order valence-electron chi connectivity index (χ1n) is 8.57. The van der Waals surface area contributed by atoms with Crippen LogP contribution in [-0.4, -0.2) is 26.5 Å². The van der Waals surface area contributed by atoms with Gasteiger partial charge in [-0.15, -0.1) is 6.58 Å². The van der Waals surface area contributed by atoms with E-state index in [9.17, 15) is 4.79 Å². The van der Waals surface area contributed by atoms with Gasteiger partial charge in [-0.3, -0.25) is 4.79 Å². The number of rotatable bonds is 12. The molecular formula is C20H30O4. The number of hydrogen-bond donors (Lipinski definition) is 0. The van der Waals surface area contributed by atoms with E-state index < -0.39 is 5.41 Å². The third-order valence-electron chi connectivity index (χ3n) is 4.11. The summed E-state index contributed by atoms with van der Waals surface area (Å²) in [5.74, 6) is -0.173. The average molecular weight is 334 g/mol. The van der Waals surface area contributed by atoms with E-state index in [1.807, 2.05) is 37.3 Å². The average Bonchev–Trinajstić information content (AvgIpc) is 2.59. The van der Waals surface area contributed by atoms with E-state index in [1.165, 1.54) is 0 Å². The largest absolute Gasteiger partial charge is 0.466 e. The van der Waals surface area contributed by atoms with Crippen molar-refractivity contribution in [1.29, 1.82) is 0 Å². The Hall–Kier alpha value is -1.65. The fourth-order valence-corrected chi connectivity index (χ4v) is 3.04. The number of ether oxygens (including phenoxy) is 3. The highest BCUT2D eigenvalue weighted by Gasteiger charge is 2.40.